The second kappa shape index (κ2) is 7.95. The summed E-state index contributed by atoms with van der Waals surface area (Å²) in [5.41, 5.74) is 0.579. The van der Waals surface area contributed by atoms with E-state index in [0.717, 1.165) is 35.6 Å². The second-order valence-electron chi connectivity index (χ2n) is 7.25. The summed E-state index contributed by atoms with van der Waals surface area (Å²) in [7, 11) is 0. The third kappa shape index (κ3) is 3.78. The van der Waals surface area contributed by atoms with Crippen LogP contribution in [-0.4, -0.2) is 22.3 Å². The lowest BCUT2D eigenvalue weighted by molar-refractivity contribution is -0.148. The number of aromatic nitrogens is 1. The smallest absolute Gasteiger partial charge is 0.417 e. The summed E-state index contributed by atoms with van der Waals surface area (Å²) in [4.78, 5) is 17.7. The Kier molecular flexibility index (Phi) is 5.49. The third-order valence-corrected chi connectivity index (χ3v) is 6.90. The van der Waals surface area contributed by atoms with Crippen molar-refractivity contribution < 1.29 is 22.7 Å². The van der Waals surface area contributed by atoms with Crippen LogP contribution in [0.3, 0.4) is 0 Å². The van der Waals surface area contributed by atoms with E-state index in [4.69, 9.17) is 4.74 Å². The molecule has 1 saturated carbocycles. The van der Waals surface area contributed by atoms with Crippen LogP contribution in [0.15, 0.2) is 59.6 Å². The Hall–Kier alpha value is -2.54. The van der Waals surface area contributed by atoms with Gasteiger partial charge in [0.1, 0.15) is 4.75 Å². The quantitative estimate of drug-likeness (QED) is 0.433. The van der Waals surface area contributed by atoms with E-state index in [1.165, 1.54) is 23.9 Å². The number of thioether (sulfide) groups is 1. The van der Waals surface area contributed by atoms with Crippen LogP contribution in [0.1, 0.15) is 31.7 Å². The molecule has 3 nitrogen and oxygen atoms in total. The van der Waals surface area contributed by atoms with Gasteiger partial charge in [0.15, 0.2) is 0 Å². The number of halogens is 3. The fraction of sp³-hybridized carbons (Fsp3) is 0.304. The summed E-state index contributed by atoms with van der Waals surface area (Å²) >= 11 is 1.43. The Morgan fingerprint density at radius 1 is 1.17 bits per heavy atom. The van der Waals surface area contributed by atoms with Gasteiger partial charge in [-0.05, 0) is 61.6 Å². The van der Waals surface area contributed by atoms with Crippen molar-refractivity contribution >= 4 is 28.6 Å². The number of fused-ring (bicyclic) bond motifs is 1. The topological polar surface area (TPSA) is 39.2 Å². The number of hydrogen-bond acceptors (Lipinski definition) is 4. The minimum Gasteiger partial charge on any atom is -0.465 e. The molecule has 2 aromatic carbocycles. The SMILES string of the molecule is CCOC(=O)C1(Sc2ccnc3ccc(-c4ccccc4C(F)(F)F)cc23)CCC1. The van der Waals surface area contributed by atoms with Crippen molar-refractivity contribution in [1.29, 1.82) is 0 Å². The van der Waals surface area contributed by atoms with Gasteiger partial charge >= 0.3 is 12.1 Å². The molecule has 0 unspecified atom stereocenters. The molecular weight excluding hydrogens is 411 g/mol. The monoisotopic (exact) mass is 431 g/mol. The van der Waals surface area contributed by atoms with Crippen LogP contribution < -0.4 is 0 Å². The van der Waals surface area contributed by atoms with Gasteiger partial charge in [-0.3, -0.25) is 9.78 Å². The van der Waals surface area contributed by atoms with Gasteiger partial charge in [-0.1, -0.05) is 24.3 Å². The first-order valence-corrected chi connectivity index (χ1v) is 10.6. The Bertz CT molecular complexity index is 1090. The highest BCUT2D eigenvalue weighted by molar-refractivity contribution is 8.01. The maximum absolute atomic E-state index is 13.5. The number of nitrogens with zero attached hydrogens (tertiary/aromatic N) is 1. The molecule has 3 aromatic rings. The Morgan fingerprint density at radius 2 is 1.93 bits per heavy atom. The van der Waals surface area contributed by atoms with Crippen LogP contribution >= 0.6 is 11.8 Å². The minimum atomic E-state index is -4.45. The van der Waals surface area contributed by atoms with E-state index in [1.54, 1.807) is 37.4 Å². The van der Waals surface area contributed by atoms with Crippen molar-refractivity contribution in [3.63, 3.8) is 0 Å². The van der Waals surface area contributed by atoms with Crippen molar-refractivity contribution in [2.24, 2.45) is 0 Å². The van der Waals surface area contributed by atoms with E-state index in [0.29, 0.717) is 17.7 Å². The van der Waals surface area contributed by atoms with Crippen LogP contribution in [0.5, 0.6) is 0 Å². The average Bonchev–Trinajstić information content (AvgIpc) is 2.70. The van der Waals surface area contributed by atoms with Crippen LogP contribution in [-0.2, 0) is 15.7 Å². The van der Waals surface area contributed by atoms with Crippen LogP contribution in [0.2, 0.25) is 0 Å². The molecule has 1 heterocycles. The fourth-order valence-corrected chi connectivity index (χ4v) is 5.14. The van der Waals surface area contributed by atoms with Crippen LogP contribution in [0.4, 0.5) is 13.2 Å². The molecule has 0 aliphatic heterocycles. The van der Waals surface area contributed by atoms with Crippen molar-refractivity contribution in [2.45, 2.75) is 42.0 Å². The van der Waals surface area contributed by atoms with Gasteiger partial charge in [-0.2, -0.15) is 13.2 Å². The van der Waals surface area contributed by atoms with Crippen molar-refractivity contribution in [3.8, 4) is 11.1 Å². The Morgan fingerprint density at radius 3 is 2.60 bits per heavy atom. The molecule has 1 aromatic heterocycles. The van der Waals surface area contributed by atoms with E-state index < -0.39 is 16.5 Å². The molecule has 30 heavy (non-hydrogen) atoms. The molecule has 0 amide bonds. The van der Waals surface area contributed by atoms with E-state index in [2.05, 4.69) is 4.98 Å². The van der Waals surface area contributed by atoms with Crippen molar-refractivity contribution in [3.05, 3.63) is 60.3 Å². The zero-order valence-electron chi connectivity index (χ0n) is 16.3. The number of alkyl halides is 3. The summed E-state index contributed by atoms with van der Waals surface area (Å²) in [6, 6.07) is 12.5. The number of carbonyl (C=O) groups is 1. The molecule has 0 bridgehead atoms. The predicted molar refractivity (Wildman–Crippen MR) is 111 cm³/mol. The van der Waals surface area contributed by atoms with Gasteiger partial charge in [-0.25, -0.2) is 0 Å². The standard InChI is InChI=1S/C23H20F3NO2S/c1-2-29-21(28)22(11-5-12-22)30-20-10-13-27-19-9-8-15(14-17(19)20)16-6-3-4-7-18(16)23(24,25)26/h3-4,6-10,13-14H,2,5,11-12H2,1H3. The second-order valence-corrected chi connectivity index (χ2v) is 8.68. The number of pyridine rings is 1. The number of ether oxygens (including phenoxy) is 1. The normalized spacial score (nSPS) is 15.6. The van der Waals surface area contributed by atoms with Crippen LogP contribution in [0.25, 0.3) is 22.0 Å². The van der Waals surface area contributed by atoms with Crippen molar-refractivity contribution in [2.75, 3.05) is 6.61 Å². The van der Waals surface area contributed by atoms with Gasteiger partial charge in [0, 0.05) is 16.5 Å². The molecule has 7 heteroatoms. The number of benzene rings is 2. The first-order chi connectivity index (χ1) is 14.3. The zero-order valence-corrected chi connectivity index (χ0v) is 17.1. The van der Waals surface area contributed by atoms with E-state index >= 15 is 0 Å². The Labute approximate surface area is 176 Å². The molecular formula is C23H20F3NO2S. The van der Waals surface area contributed by atoms with Crippen LogP contribution in [0, 0.1) is 0 Å². The summed E-state index contributed by atoms with van der Waals surface area (Å²) in [6.07, 6.45) is -0.406. The molecule has 0 radical (unpaired) electrons. The molecule has 1 aliphatic carbocycles. The molecule has 0 spiro atoms. The highest BCUT2D eigenvalue weighted by atomic mass is 32.2. The fourth-order valence-electron chi connectivity index (χ4n) is 3.68. The number of rotatable bonds is 5. The summed E-state index contributed by atoms with van der Waals surface area (Å²) < 4.78 is 45.1. The lowest BCUT2D eigenvalue weighted by atomic mass is 9.84. The average molecular weight is 431 g/mol. The molecule has 0 saturated heterocycles. The maximum atomic E-state index is 13.5. The molecule has 4 rings (SSSR count). The Balaban J connectivity index is 1.79. The first kappa shape index (κ1) is 20.7. The predicted octanol–water partition coefficient (Wildman–Crippen LogP) is 6.50. The maximum Gasteiger partial charge on any atom is 0.417 e. The lowest BCUT2D eigenvalue weighted by Gasteiger charge is -2.38. The summed E-state index contributed by atoms with van der Waals surface area (Å²) in [6.45, 7) is 2.09. The van der Waals surface area contributed by atoms with Gasteiger partial charge in [0.2, 0.25) is 0 Å². The minimum absolute atomic E-state index is 0.121. The first-order valence-electron chi connectivity index (χ1n) is 9.76. The third-order valence-electron chi connectivity index (χ3n) is 5.36. The highest BCUT2D eigenvalue weighted by Gasteiger charge is 2.47. The van der Waals surface area contributed by atoms with E-state index in [-0.39, 0.29) is 11.5 Å². The van der Waals surface area contributed by atoms with E-state index in [1.807, 2.05) is 6.07 Å². The number of hydrogen-bond donors (Lipinski definition) is 0. The number of carbonyl (C=O) groups excluding carboxylic acids is 1. The number of esters is 1. The zero-order chi connectivity index (χ0) is 21.4. The highest BCUT2D eigenvalue weighted by Crippen LogP contribution is 2.50. The summed E-state index contributed by atoms with van der Waals surface area (Å²) in [5, 5.41) is 0.729. The lowest BCUT2D eigenvalue weighted by Crippen LogP contribution is -2.43. The molecule has 0 N–H and O–H groups in total. The largest absolute Gasteiger partial charge is 0.465 e. The van der Waals surface area contributed by atoms with Crippen molar-refractivity contribution in [1.82, 2.24) is 4.98 Å². The molecule has 0 atom stereocenters. The molecule has 1 fully saturated rings. The van der Waals surface area contributed by atoms with Gasteiger partial charge in [0.05, 0.1) is 17.7 Å². The van der Waals surface area contributed by atoms with E-state index in [9.17, 15) is 18.0 Å². The van der Waals surface area contributed by atoms with Gasteiger partial charge in [-0.15, -0.1) is 11.8 Å². The molecule has 156 valence electrons. The van der Waals surface area contributed by atoms with Gasteiger partial charge in [0.25, 0.3) is 0 Å². The summed E-state index contributed by atoms with van der Waals surface area (Å²) in [5.74, 6) is -0.232. The van der Waals surface area contributed by atoms with Gasteiger partial charge < -0.3 is 4.74 Å². The molecule has 1 aliphatic rings.